The van der Waals surface area contributed by atoms with Crippen LogP contribution >= 0.6 is 11.3 Å². The highest BCUT2D eigenvalue weighted by atomic mass is 32.2. The number of aliphatic hydroxyl groups excluding tert-OH is 1. The molecule has 1 unspecified atom stereocenters. The number of aliphatic hydroxyl groups is 1. The molecular formula is C9H15NO3S2. The Morgan fingerprint density at radius 2 is 2.33 bits per heavy atom. The minimum atomic E-state index is -2.91. The Morgan fingerprint density at radius 3 is 2.87 bits per heavy atom. The fraction of sp³-hybridized carbons (Fsp3) is 0.667. The minimum absolute atomic E-state index is 0.152. The maximum atomic E-state index is 11.2. The second-order valence-corrected chi connectivity index (χ2v) is 6.69. The average Bonchev–Trinajstić information content (AvgIpc) is 2.70. The lowest BCUT2D eigenvalue weighted by Gasteiger charge is -2.07. The molecule has 0 spiro atoms. The van der Waals surface area contributed by atoms with Crippen molar-refractivity contribution < 1.29 is 13.5 Å². The molecule has 1 N–H and O–H groups in total. The third-order valence-corrected chi connectivity index (χ3v) is 4.82. The molecule has 0 radical (unpaired) electrons. The predicted molar refractivity (Wildman–Crippen MR) is 60.6 cm³/mol. The molecule has 1 rings (SSSR count). The normalized spacial score (nSPS) is 14.0. The van der Waals surface area contributed by atoms with Gasteiger partial charge in [0.25, 0.3) is 0 Å². The molecular weight excluding hydrogens is 234 g/mol. The zero-order valence-electron chi connectivity index (χ0n) is 8.59. The molecule has 86 valence electrons. The molecule has 6 heteroatoms. The van der Waals surface area contributed by atoms with Crippen LogP contribution in [0.1, 0.15) is 30.7 Å². The monoisotopic (exact) mass is 249 g/mol. The second kappa shape index (κ2) is 5.58. The van der Waals surface area contributed by atoms with Gasteiger partial charge in [0, 0.05) is 11.9 Å². The Bertz CT molecular complexity index is 372. The molecule has 0 bridgehead atoms. The standard InChI is InChI=1S/C9H15NO3S2/c1-2-15(12,13)5-3-4-8(11)9-6-10-7-14-9/h6-8,11H,2-5H2,1H3. The first-order valence-corrected chi connectivity index (χ1v) is 7.52. The highest BCUT2D eigenvalue weighted by molar-refractivity contribution is 7.91. The van der Waals surface area contributed by atoms with E-state index in [4.69, 9.17) is 0 Å². The van der Waals surface area contributed by atoms with E-state index in [0.29, 0.717) is 12.8 Å². The quantitative estimate of drug-likeness (QED) is 0.827. The van der Waals surface area contributed by atoms with Crippen LogP contribution in [-0.4, -0.2) is 30.0 Å². The van der Waals surface area contributed by atoms with Gasteiger partial charge in [-0.25, -0.2) is 8.42 Å². The summed E-state index contributed by atoms with van der Waals surface area (Å²) in [5, 5.41) is 9.65. The van der Waals surface area contributed by atoms with E-state index in [2.05, 4.69) is 4.98 Å². The molecule has 0 saturated heterocycles. The SMILES string of the molecule is CCS(=O)(=O)CCCC(O)c1cncs1. The molecule has 1 aromatic rings. The third kappa shape index (κ3) is 4.27. The van der Waals surface area contributed by atoms with Crippen LogP contribution in [0.4, 0.5) is 0 Å². The molecule has 1 aromatic heterocycles. The van der Waals surface area contributed by atoms with Gasteiger partial charge in [0.15, 0.2) is 0 Å². The molecule has 0 aliphatic heterocycles. The van der Waals surface area contributed by atoms with E-state index in [1.165, 1.54) is 11.3 Å². The fourth-order valence-corrected chi connectivity index (χ4v) is 2.71. The van der Waals surface area contributed by atoms with Crippen molar-refractivity contribution in [3.63, 3.8) is 0 Å². The molecule has 1 atom stereocenters. The lowest BCUT2D eigenvalue weighted by molar-refractivity contribution is 0.170. The first-order chi connectivity index (χ1) is 7.05. The Labute approximate surface area is 93.9 Å². The predicted octanol–water partition coefficient (Wildman–Crippen LogP) is 1.39. The molecule has 15 heavy (non-hydrogen) atoms. The van der Waals surface area contributed by atoms with Gasteiger partial charge < -0.3 is 5.11 Å². The van der Waals surface area contributed by atoms with Crippen LogP contribution in [0.25, 0.3) is 0 Å². The van der Waals surface area contributed by atoms with Gasteiger partial charge in [0.05, 0.1) is 22.2 Å². The third-order valence-electron chi connectivity index (χ3n) is 2.15. The van der Waals surface area contributed by atoms with Gasteiger partial charge in [0.1, 0.15) is 9.84 Å². The Balaban J connectivity index is 2.33. The molecule has 4 nitrogen and oxygen atoms in total. The van der Waals surface area contributed by atoms with Gasteiger partial charge in [-0.2, -0.15) is 0 Å². The van der Waals surface area contributed by atoms with Crippen molar-refractivity contribution in [1.82, 2.24) is 4.98 Å². The Morgan fingerprint density at radius 1 is 1.60 bits per heavy atom. The van der Waals surface area contributed by atoms with Crippen molar-refractivity contribution in [1.29, 1.82) is 0 Å². The number of aromatic nitrogens is 1. The van der Waals surface area contributed by atoms with E-state index in [0.717, 1.165) is 4.88 Å². The van der Waals surface area contributed by atoms with Crippen molar-refractivity contribution >= 4 is 21.2 Å². The fourth-order valence-electron chi connectivity index (χ4n) is 1.17. The van der Waals surface area contributed by atoms with Crippen LogP contribution in [0, 0.1) is 0 Å². The van der Waals surface area contributed by atoms with Crippen molar-refractivity contribution in [3.8, 4) is 0 Å². The molecule has 0 fully saturated rings. The van der Waals surface area contributed by atoms with Crippen molar-refractivity contribution in [2.24, 2.45) is 0 Å². The number of sulfone groups is 1. The lowest BCUT2D eigenvalue weighted by Crippen LogP contribution is -2.09. The summed E-state index contributed by atoms with van der Waals surface area (Å²) < 4.78 is 22.4. The van der Waals surface area contributed by atoms with Crippen LogP contribution in [0.15, 0.2) is 11.7 Å². The van der Waals surface area contributed by atoms with Crippen LogP contribution in [-0.2, 0) is 9.84 Å². The van der Waals surface area contributed by atoms with Crippen molar-refractivity contribution in [2.45, 2.75) is 25.9 Å². The highest BCUT2D eigenvalue weighted by Gasteiger charge is 2.12. The molecule has 0 saturated carbocycles. The first kappa shape index (κ1) is 12.6. The summed E-state index contributed by atoms with van der Waals surface area (Å²) in [6, 6.07) is 0. The topological polar surface area (TPSA) is 67.3 Å². The van der Waals surface area contributed by atoms with Crippen molar-refractivity contribution in [2.75, 3.05) is 11.5 Å². The second-order valence-electron chi connectivity index (χ2n) is 3.30. The number of hydrogen-bond donors (Lipinski definition) is 1. The minimum Gasteiger partial charge on any atom is -0.388 e. The van der Waals surface area contributed by atoms with Gasteiger partial charge in [-0.15, -0.1) is 11.3 Å². The Kier molecular flexibility index (Phi) is 4.69. The highest BCUT2D eigenvalue weighted by Crippen LogP contribution is 2.21. The first-order valence-electron chi connectivity index (χ1n) is 4.82. The van der Waals surface area contributed by atoms with Gasteiger partial charge in [-0.1, -0.05) is 6.92 Å². The van der Waals surface area contributed by atoms with Crippen LogP contribution in [0.5, 0.6) is 0 Å². The van der Waals surface area contributed by atoms with E-state index in [1.54, 1.807) is 18.6 Å². The van der Waals surface area contributed by atoms with E-state index in [-0.39, 0.29) is 11.5 Å². The number of thiazole rings is 1. The van der Waals surface area contributed by atoms with Crippen LogP contribution < -0.4 is 0 Å². The van der Waals surface area contributed by atoms with E-state index in [1.807, 2.05) is 0 Å². The van der Waals surface area contributed by atoms with Gasteiger partial charge in [0.2, 0.25) is 0 Å². The summed E-state index contributed by atoms with van der Waals surface area (Å²) in [5.41, 5.74) is 1.65. The van der Waals surface area contributed by atoms with E-state index in [9.17, 15) is 13.5 Å². The summed E-state index contributed by atoms with van der Waals surface area (Å²) in [4.78, 5) is 4.65. The molecule has 0 amide bonds. The number of rotatable bonds is 6. The van der Waals surface area contributed by atoms with Crippen LogP contribution in [0.2, 0.25) is 0 Å². The number of nitrogens with zero attached hydrogens (tertiary/aromatic N) is 1. The Hall–Kier alpha value is -0.460. The summed E-state index contributed by atoms with van der Waals surface area (Å²) in [6.45, 7) is 1.63. The number of hydrogen-bond acceptors (Lipinski definition) is 5. The van der Waals surface area contributed by atoms with Crippen LogP contribution in [0.3, 0.4) is 0 Å². The van der Waals surface area contributed by atoms with E-state index >= 15 is 0 Å². The van der Waals surface area contributed by atoms with Gasteiger partial charge >= 0.3 is 0 Å². The lowest BCUT2D eigenvalue weighted by atomic mass is 10.2. The molecule has 0 aromatic carbocycles. The summed E-state index contributed by atoms with van der Waals surface area (Å²) in [7, 11) is -2.91. The summed E-state index contributed by atoms with van der Waals surface area (Å²) in [5.74, 6) is 0.322. The van der Waals surface area contributed by atoms with Gasteiger partial charge in [-0.3, -0.25) is 4.98 Å². The average molecular weight is 249 g/mol. The maximum absolute atomic E-state index is 11.2. The zero-order chi connectivity index (χ0) is 11.3. The molecule has 0 aliphatic carbocycles. The van der Waals surface area contributed by atoms with E-state index < -0.39 is 15.9 Å². The summed E-state index contributed by atoms with van der Waals surface area (Å²) >= 11 is 1.38. The molecule has 0 aliphatic rings. The smallest absolute Gasteiger partial charge is 0.150 e. The maximum Gasteiger partial charge on any atom is 0.150 e. The van der Waals surface area contributed by atoms with Gasteiger partial charge in [-0.05, 0) is 12.8 Å². The summed E-state index contributed by atoms with van der Waals surface area (Å²) in [6.07, 6.45) is 2.00. The van der Waals surface area contributed by atoms with Crippen molar-refractivity contribution in [3.05, 3.63) is 16.6 Å². The molecule has 1 heterocycles. The largest absolute Gasteiger partial charge is 0.388 e. The zero-order valence-corrected chi connectivity index (χ0v) is 10.2.